The molecule has 0 bridgehead atoms. The maximum Gasteiger partial charge on any atom is 0.330 e. The number of aryl methyl sites for hydroxylation is 1. The van der Waals surface area contributed by atoms with Gasteiger partial charge in [0, 0.05) is 17.7 Å². The van der Waals surface area contributed by atoms with Crippen molar-refractivity contribution < 1.29 is 9.90 Å². The molecule has 0 atom stereocenters. The lowest BCUT2D eigenvalue weighted by Crippen LogP contribution is -2.25. The molecule has 2 heterocycles. The molecule has 0 saturated carbocycles. The van der Waals surface area contributed by atoms with E-state index in [2.05, 4.69) is 20.9 Å². The molecule has 0 unspecified atom stereocenters. The van der Waals surface area contributed by atoms with E-state index < -0.39 is 5.97 Å². The molecule has 2 rings (SSSR count). The first-order valence-electron chi connectivity index (χ1n) is 4.43. The van der Waals surface area contributed by atoms with Gasteiger partial charge in [0.15, 0.2) is 5.65 Å². The number of aromatic nitrogens is 3. The van der Waals surface area contributed by atoms with Crippen LogP contribution in [0.5, 0.6) is 0 Å². The summed E-state index contributed by atoms with van der Waals surface area (Å²) in [5.41, 5.74) is 0.585. The highest BCUT2D eigenvalue weighted by atomic mass is 79.9. The fourth-order valence-corrected chi connectivity index (χ4v) is 1.85. The van der Waals surface area contributed by atoms with Crippen molar-refractivity contribution in [1.29, 1.82) is 0 Å². The van der Waals surface area contributed by atoms with Gasteiger partial charge in [-0.25, -0.2) is 9.78 Å². The second-order valence-electron chi connectivity index (χ2n) is 3.32. The second kappa shape index (κ2) is 3.75. The third-order valence-electron chi connectivity index (χ3n) is 2.24. The van der Waals surface area contributed by atoms with Crippen molar-refractivity contribution in [2.75, 3.05) is 0 Å². The van der Waals surface area contributed by atoms with E-state index in [1.54, 1.807) is 13.1 Å². The van der Waals surface area contributed by atoms with Crippen molar-refractivity contribution in [3.63, 3.8) is 0 Å². The first-order valence-corrected chi connectivity index (χ1v) is 5.22. The van der Waals surface area contributed by atoms with E-state index >= 15 is 0 Å². The Labute approximate surface area is 98.3 Å². The number of pyridine rings is 1. The summed E-state index contributed by atoms with van der Waals surface area (Å²) in [4.78, 5) is 26.4. The van der Waals surface area contributed by atoms with Crippen molar-refractivity contribution in [3.8, 4) is 0 Å². The van der Waals surface area contributed by atoms with E-state index in [0.29, 0.717) is 11.2 Å². The number of carbonyl (C=O) groups is 1. The van der Waals surface area contributed by atoms with Crippen molar-refractivity contribution in [2.24, 2.45) is 7.05 Å². The Bertz CT molecular complexity index is 629. The quantitative estimate of drug-likeness (QED) is 0.876. The van der Waals surface area contributed by atoms with Gasteiger partial charge in [-0.2, -0.15) is 0 Å². The minimum atomic E-state index is -1.07. The number of hydrogen-bond donors (Lipinski definition) is 1. The van der Waals surface area contributed by atoms with Crippen LogP contribution in [0, 0.1) is 0 Å². The number of nitrogens with zero attached hydrogens (tertiary/aromatic N) is 3. The lowest BCUT2D eigenvalue weighted by atomic mass is 10.4. The zero-order valence-electron chi connectivity index (χ0n) is 8.35. The van der Waals surface area contributed by atoms with Crippen molar-refractivity contribution >= 4 is 33.1 Å². The zero-order valence-corrected chi connectivity index (χ0v) is 9.93. The summed E-state index contributed by atoms with van der Waals surface area (Å²) in [5, 5.41) is 8.71. The zero-order chi connectivity index (χ0) is 11.9. The summed E-state index contributed by atoms with van der Waals surface area (Å²) in [6.45, 7) is -0.384. The molecule has 0 aliphatic carbocycles. The molecule has 0 amide bonds. The molecular weight excluding hydrogens is 278 g/mol. The molecule has 0 spiro atoms. The van der Waals surface area contributed by atoms with E-state index in [1.807, 2.05) is 0 Å². The summed E-state index contributed by atoms with van der Waals surface area (Å²) in [6, 6.07) is 1.72. The highest BCUT2D eigenvalue weighted by molar-refractivity contribution is 9.10. The predicted octanol–water partition coefficient (Wildman–Crippen LogP) is 0.582. The van der Waals surface area contributed by atoms with Crippen LogP contribution in [0.15, 0.2) is 21.5 Å². The van der Waals surface area contributed by atoms with Crippen LogP contribution in [0.1, 0.15) is 0 Å². The number of hydrogen-bond acceptors (Lipinski definition) is 3. The molecule has 7 heteroatoms. The van der Waals surface area contributed by atoms with Gasteiger partial charge in [-0.05, 0) is 22.0 Å². The highest BCUT2D eigenvalue weighted by Crippen LogP contribution is 2.15. The first-order chi connectivity index (χ1) is 7.50. The molecule has 0 radical (unpaired) electrons. The van der Waals surface area contributed by atoms with E-state index in [9.17, 15) is 9.59 Å². The molecule has 0 aliphatic rings. The lowest BCUT2D eigenvalue weighted by Gasteiger charge is -1.97. The van der Waals surface area contributed by atoms with Gasteiger partial charge in [-0.1, -0.05) is 0 Å². The Morgan fingerprint density at radius 3 is 2.94 bits per heavy atom. The van der Waals surface area contributed by atoms with E-state index in [0.717, 1.165) is 9.04 Å². The first kappa shape index (κ1) is 10.9. The smallest absolute Gasteiger partial charge is 0.330 e. The molecule has 0 aromatic carbocycles. The number of halogens is 1. The van der Waals surface area contributed by atoms with Gasteiger partial charge in [-0.15, -0.1) is 0 Å². The maximum absolute atomic E-state index is 11.7. The Hall–Kier alpha value is -1.63. The molecular formula is C9H8BrN3O3. The molecule has 2 aromatic heterocycles. The molecule has 2 aromatic rings. The number of fused-ring (bicyclic) bond motifs is 1. The van der Waals surface area contributed by atoms with E-state index in [4.69, 9.17) is 5.11 Å². The van der Waals surface area contributed by atoms with Crippen LogP contribution in [0.3, 0.4) is 0 Å². The average Bonchev–Trinajstić information content (AvgIpc) is 2.43. The van der Waals surface area contributed by atoms with E-state index in [1.165, 1.54) is 10.8 Å². The number of carboxylic acids is 1. The summed E-state index contributed by atoms with van der Waals surface area (Å²) >= 11 is 3.25. The number of carboxylic acid groups (broad SMARTS) is 1. The summed E-state index contributed by atoms with van der Waals surface area (Å²) in [6.07, 6.45) is 1.53. The van der Waals surface area contributed by atoms with Crippen LogP contribution in [0.4, 0.5) is 0 Å². The normalized spacial score (nSPS) is 10.9. The Balaban J connectivity index is 2.79. The fraction of sp³-hybridized carbons (Fsp3) is 0.222. The lowest BCUT2D eigenvalue weighted by molar-refractivity contribution is -0.137. The van der Waals surface area contributed by atoms with Crippen molar-refractivity contribution in [3.05, 3.63) is 27.2 Å². The molecule has 6 nitrogen and oxygen atoms in total. The predicted molar refractivity (Wildman–Crippen MR) is 60.3 cm³/mol. The molecule has 16 heavy (non-hydrogen) atoms. The summed E-state index contributed by atoms with van der Waals surface area (Å²) in [5.74, 6) is -1.07. The minimum absolute atomic E-state index is 0.373. The monoisotopic (exact) mass is 285 g/mol. The van der Waals surface area contributed by atoms with Gasteiger partial charge < -0.3 is 5.11 Å². The molecule has 0 fully saturated rings. The number of aliphatic carboxylic acids is 1. The van der Waals surface area contributed by atoms with Crippen LogP contribution in [-0.4, -0.2) is 25.2 Å². The standard InChI is InChI=1S/C9H8BrN3O3/c1-12-6-2-5(10)3-11-8(6)13(9(12)16)4-7(14)15/h2-3H,4H2,1H3,(H,14,15). The van der Waals surface area contributed by atoms with Crippen LogP contribution >= 0.6 is 15.9 Å². The Morgan fingerprint density at radius 2 is 2.31 bits per heavy atom. The van der Waals surface area contributed by atoms with Crippen LogP contribution in [-0.2, 0) is 18.4 Å². The SMILES string of the molecule is Cn1c(=O)n(CC(=O)O)c2ncc(Br)cc21. The van der Waals surface area contributed by atoms with Crippen molar-refractivity contribution in [1.82, 2.24) is 14.1 Å². The van der Waals surface area contributed by atoms with Crippen LogP contribution in [0.2, 0.25) is 0 Å². The van der Waals surface area contributed by atoms with Gasteiger partial charge >= 0.3 is 11.7 Å². The summed E-state index contributed by atoms with van der Waals surface area (Å²) < 4.78 is 3.24. The van der Waals surface area contributed by atoms with E-state index in [-0.39, 0.29) is 12.2 Å². The summed E-state index contributed by atoms with van der Waals surface area (Å²) in [7, 11) is 1.58. The van der Waals surface area contributed by atoms with Gasteiger partial charge in [0.25, 0.3) is 0 Å². The Morgan fingerprint density at radius 1 is 1.62 bits per heavy atom. The van der Waals surface area contributed by atoms with Gasteiger partial charge in [0.05, 0.1) is 5.52 Å². The van der Waals surface area contributed by atoms with Gasteiger partial charge in [0.1, 0.15) is 6.54 Å². The largest absolute Gasteiger partial charge is 0.480 e. The molecule has 0 aliphatic heterocycles. The number of rotatable bonds is 2. The third-order valence-corrected chi connectivity index (χ3v) is 2.68. The number of imidazole rings is 1. The second-order valence-corrected chi connectivity index (χ2v) is 4.23. The van der Waals surface area contributed by atoms with Gasteiger partial charge in [0.2, 0.25) is 0 Å². The Kier molecular flexibility index (Phi) is 2.55. The molecule has 84 valence electrons. The van der Waals surface area contributed by atoms with Gasteiger partial charge in [-0.3, -0.25) is 13.9 Å². The molecule has 1 N–H and O–H groups in total. The third kappa shape index (κ3) is 1.63. The van der Waals surface area contributed by atoms with Crippen molar-refractivity contribution in [2.45, 2.75) is 6.54 Å². The minimum Gasteiger partial charge on any atom is -0.480 e. The average molecular weight is 286 g/mol. The topological polar surface area (TPSA) is 77.1 Å². The van der Waals surface area contributed by atoms with Crippen LogP contribution in [0.25, 0.3) is 11.2 Å². The van der Waals surface area contributed by atoms with Crippen LogP contribution < -0.4 is 5.69 Å². The maximum atomic E-state index is 11.7. The highest BCUT2D eigenvalue weighted by Gasteiger charge is 2.14. The molecule has 0 saturated heterocycles. The fourth-order valence-electron chi connectivity index (χ4n) is 1.53.